The Morgan fingerprint density at radius 2 is 1.69 bits per heavy atom. The maximum atomic E-state index is 13.2. The first-order chi connectivity index (χ1) is 16.9. The summed E-state index contributed by atoms with van der Waals surface area (Å²) in [5.41, 5.74) is 2.22. The standard InChI is InChI=1S/C27H23FN2O5/c1-3-34-24-15-19(10-13-23(24)35-16-18-8-11-20(28)12-9-18)14-21-25(31)29-27(33)30(26(21)32)22-7-5-4-6-17(22)2/h4-15H,3,16H2,1-2H3,(H,29,31,33)/b21-14+. The van der Waals surface area contributed by atoms with E-state index in [4.69, 9.17) is 9.47 Å². The number of rotatable bonds is 7. The number of para-hydroxylation sites is 1. The average Bonchev–Trinajstić information content (AvgIpc) is 2.83. The Morgan fingerprint density at radius 3 is 2.40 bits per heavy atom. The molecule has 4 rings (SSSR count). The molecule has 1 aliphatic rings. The van der Waals surface area contributed by atoms with Crippen LogP contribution in [0.3, 0.4) is 0 Å². The molecule has 4 amide bonds. The number of ether oxygens (including phenoxy) is 2. The summed E-state index contributed by atoms with van der Waals surface area (Å²) in [6, 6.07) is 17.1. The molecule has 3 aromatic rings. The SMILES string of the molecule is CCOc1cc(/C=C2\C(=O)NC(=O)N(c3ccccc3C)C2=O)ccc1OCc1ccc(F)cc1. The largest absolute Gasteiger partial charge is 0.490 e. The Morgan fingerprint density at radius 1 is 0.943 bits per heavy atom. The van der Waals surface area contributed by atoms with Gasteiger partial charge in [0.15, 0.2) is 11.5 Å². The minimum absolute atomic E-state index is 0.185. The molecule has 1 fully saturated rings. The molecule has 8 heteroatoms. The van der Waals surface area contributed by atoms with Gasteiger partial charge in [0, 0.05) is 0 Å². The van der Waals surface area contributed by atoms with Crippen LogP contribution in [0.1, 0.15) is 23.6 Å². The molecule has 0 saturated carbocycles. The topological polar surface area (TPSA) is 84.9 Å². The van der Waals surface area contributed by atoms with Crippen LogP contribution in [0.2, 0.25) is 0 Å². The number of carbonyl (C=O) groups excluding carboxylic acids is 3. The van der Waals surface area contributed by atoms with Gasteiger partial charge in [-0.3, -0.25) is 14.9 Å². The third-order valence-corrected chi connectivity index (χ3v) is 5.34. The van der Waals surface area contributed by atoms with Crippen molar-refractivity contribution in [2.45, 2.75) is 20.5 Å². The quantitative estimate of drug-likeness (QED) is 0.394. The molecule has 0 aromatic heterocycles. The Labute approximate surface area is 201 Å². The predicted molar refractivity (Wildman–Crippen MR) is 129 cm³/mol. The Balaban J connectivity index is 1.61. The number of barbiturate groups is 1. The molecule has 0 unspecified atom stereocenters. The zero-order valence-electron chi connectivity index (χ0n) is 19.2. The average molecular weight is 474 g/mol. The van der Waals surface area contributed by atoms with E-state index >= 15 is 0 Å². The molecule has 0 atom stereocenters. The molecule has 7 nitrogen and oxygen atoms in total. The van der Waals surface area contributed by atoms with Crippen LogP contribution in [0.15, 0.2) is 72.3 Å². The second kappa shape index (κ2) is 10.2. The number of hydrogen-bond donors (Lipinski definition) is 1. The summed E-state index contributed by atoms with van der Waals surface area (Å²) in [4.78, 5) is 39.1. The molecule has 3 aromatic carbocycles. The lowest BCUT2D eigenvalue weighted by atomic mass is 10.1. The van der Waals surface area contributed by atoms with Crippen molar-refractivity contribution < 1.29 is 28.2 Å². The van der Waals surface area contributed by atoms with Gasteiger partial charge in [0.2, 0.25) is 0 Å². The maximum absolute atomic E-state index is 13.2. The first-order valence-corrected chi connectivity index (χ1v) is 11.0. The Bertz CT molecular complexity index is 1320. The van der Waals surface area contributed by atoms with E-state index in [1.807, 2.05) is 6.92 Å². The summed E-state index contributed by atoms with van der Waals surface area (Å²) in [6.45, 7) is 4.16. The molecule has 0 spiro atoms. The normalized spacial score (nSPS) is 14.8. The van der Waals surface area contributed by atoms with Crippen molar-refractivity contribution in [2.75, 3.05) is 11.5 Å². The highest BCUT2D eigenvalue weighted by atomic mass is 19.1. The molecule has 0 radical (unpaired) electrons. The highest BCUT2D eigenvalue weighted by Crippen LogP contribution is 2.31. The number of amides is 4. The number of aryl methyl sites for hydroxylation is 1. The van der Waals surface area contributed by atoms with Crippen molar-refractivity contribution in [3.05, 3.63) is 94.8 Å². The first-order valence-electron chi connectivity index (χ1n) is 11.0. The van der Waals surface area contributed by atoms with Crippen LogP contribution in [0.5, 0.6) is 11.5 Å². The third kappa shape index (κ3) is 5.22. The second-order valence-corrected chi connectivity index (χ2v) is 7.80. The number of carbonyl (C=O) groups is 3. The number of urea groups is 1. The highest BCUT2D eigenvalue weighted by Gasteiger charge is 2.37. The molecule has 1 N–H and O–H groups in total. The summed E-state index contributed by atoms with van der Waals surface area (Å²) in [5, 5.41) is 2.23. The van der Waals surface area contributed by atoms with Crippen molar-refractivity contribution in [1.29, 1.82) is 0 Å². The van der Waals surface area contributed by atoms with E-state index in [0.717, 1.165) is 10.5 Å². The smallest absolute Gasteiger partial charge is 0.335 e. The lowest BCUT2D eigenvalue weighted by molar-refractivity contribution is -0.122. The van der Waals surface area contributed by atoms with Crippen molar-refractivity contribution >= 4 is 29.6 Å². The van der Waals surface area contributed by atoms with Crippen LogP contribution in [0.4, 0.5) is 14.9 Å². The zero-order chi connectivity index (χ0) is 24.9. The Kier molecular flexibility index (Phi) is 6.91. The maximum Gasteiger partial charge on any atom is 0.335 e. The Hall–Kier alpha value is -4.46. The number of nitrogens with one attached hydrogen (secondary N) is 1. The van der Waals surface area contributed by atoms with Gasteiger partial charge in [-0.05, 0) is 66.9 Å². The van der Waals surface area contributed by atoms with Gasteiger partial charge in [0.1, 0.15) is 18.0 Å². The summed E-state index contributed by atoms with van der Waals surface area (Å²) in [6.07, 6.45) is 1.40. The fourth-order valence-electron chi connectivity index (χ4n) is 3.60. The fourth-order valence-corrected chi connectivity index (χ4v) is 3.60. The molecular formula is C27H23FN2O5. The molecule has 1 heterocycles. The molecule has 0 aliphatic carbocycles. The van der Waals surface area contributed by atoms with E-state index in [9.17, 15) is 18.8 Å². The van der Waals surface area contributed by atoms with E-state index in [1.54, 1.807) is 61.5 Å². The van der Waals surface area contributed by atoms with Gasteiger partial charge >= 0.3 is 6.03 Å². The van der Waals surface area contributed by atoms with Crippen LogP contribution < -0.4 is 19.7 Å². The number of benzene rings is 3. The molecule has 0 bridgehead atoms. The van der Waals surface area contributed by atoms with Gasteiger partial charge in [0.05, 0.1) is 12.3 Å². The van der Waals surface area contributed by atoms with Crippen LogP contribution in [0, 0.1) is 12.7 Å². The van der Waals surface area contributed by atoms with E-state index in [2.05, 4.69) is 5.32 Å². The van der Waals surface area contributed by atoms with Gasteiger partial charge < -0.3 is 9.47 Å². The highest BCUT2D eigenvalue weighted by molar-refractivity contribution is 6.39. The number of hydrogen-bond acceptors (Lipinski definition) is 5. The number of nitrogens with zero attached hydrogens (tertiary/aromatic N) is 1. The zero-order valence-corrected chi connectivity index (χ0v) is 19.2. The van der Waals surface area contributed by atoms with Gasteiger partial charge in [-0.2, -0.15) is 0 Å². The van der Waals surface area contributed by atoms with Gasteiger partial charge in [-0.25, -0.2) is 14.1 Å². The van der Waals surface area contributed by atoms with E-state index in [0.29, 0.717) is 34.9 Å². The predicted octanol–water partition coefficient (Wildman–Crippen LogP) is 4.78. The van der Waals surface area contributed by atoms with E-state index in [1.165, 1.54) is 18.2 Å². The lowest BCUT2D eigenvalue weighted by Crippen LogP contribution is -2.54. The van der Waals surface area contributed by atoms with Crippen LogP contribution in [-0.2, 0) is 16.2 Å². The molecule has 1 aliphatic heterocycles. The summed E-state index contributed by atoms with van der Waals surface area (Å²) in [5.74, 6) is -0.957. The molecular weight excluding hydrogens is 451 g/mol. The van der Waals surface area contributed by atoms with Gasteiger partial charge in [-0.15, -0.1) is 0 Å². The van der Waals surface area contributed by atoms with E-state index in [-0.39, 0.29) is 18.0 Å². The summed E-state index contributed by atoms with van der Waals surface area (Å²) >= 11 is 0. The molecule has 1 saturated heterocycles. The number of halogens is 1. The number of anilines is 1. The van der Waals surface area contributed by atoms with E-state index < -0.39 is 17.8 Å². The van der Waals surface area contributed by atoms with Gasteiger partial charge in [-0.1, -0.05) is 36.4 Å². The third-order valence-electron chi connectivity index (χ3n) is 5.34. The summed E-state index contributed by atoms with van der Waals surface area (Å²) in [7, 11) is 0. The van der Waals surface area contributed by atoms with Crippen LogP contribution in [-0.4, -0.2) is 24.5 Å². The minimum atomic E-state index is -0.800. The van der Waals surface area contributed by atoms with Crippen molar-refractivity contribution in [1.82, 2.24) is 5.32 Å². The molecule has 178 valence electrons. The van der Waals surface area contributed by atoms with Crippen LogP contribution in [0.25, 0.3) is 6.08 Å². The first kappa shape index (κ1) is 23.7. The van der Waals surface area contributed by atoms with Crippen molar-refractivity contribution in [3.63, 3.8) is 0 Å². The van der Waals surface area contributed by atoms with Gasteiger partial charge in [0.25, 0.3) is 11.8 Å². The van der Waals surface area contributed by atoms with Crippen molar-refractivity contribution in [3.8, 4) is 11.5 Å². The lowest BCUT2D eigenvalue weighted by Gasteiger charge is -2.27. The molecule has 35 heavy (non-hydrogen) atoms. The fraction of sp³-hybridized carbons (Fsp3) is 0.148. The van der Waals surface area contributed by atoms with Crippen LogP contribution >= 0.6 is 0 Å². The number of imide groups is 2. The summed E-state index contributed by atoms with van der Waals surface area (Å²) < 4.78 is 24.7. The minimum Gasteiger partial charge on any atom is -0.490 e. The second-order valence-electron chi connectivity index (χ2n) is 7.80. The monoisotopic (exact) mass is 474 g/mol. The van der Waals surface area contributed by atoms with Crippen molar-refractivity contribution in [2.24, 2.45) is 0 Å².